The fraction of sp³-hybridized carbons (Fsp3) is 0.333. The number of ether oxygens (including phenoxy) is 6. The number of hydrogen-bond donors (Lipinski definition) is 0. The molecular formula is C36H40O6. The van der Waals surface area contributed by atoms with Crippen LogP contribution in [0.25, 0.3) is 0 Å². The van der Waals surface area contributed by atoms with Gasteiger partial charge in [0.25, 0.3) is 0 Å². The monoisotopic (exact) mass is 568 g/mol. The van der Waals surface area contributed by atoms with Crippen LogP contribution in [0.1, 0.15) is 22.3 Å². The molecule has 6 heteroatoms. The Morgan fingerprint density at radius 3 is 1.21 bits per heavy atom. The zero-order chi connectivity index (χ0) is 28.8. The first-order valence-corrected chi connectivity index (χ1v) is 14.5. The zero-order valence-electron chi connectivity index (χ0n) is 24.1. The molecule has 1 aliphatic rings. The molecule has 4 aromatic carbocycles. The van der Waals surface area contributed by atoms with Crippen molar-refractivity contribution < 1.29 is 28.4 Å². The molecule has 4 aromatic rings. The van der Waals surface area contributed by atoms with Gasteiger partial charge in [-0.25, -0.2) is 0 Å². The van der Waals surface area contributed by atoms with Gasteiger partial charge in [-0.15, -0.1) is 0 Å². The first kappa shape index (κ1) is 30.1. The molecule has 1 saturated heterocycles. The second-order valence-corrected chi connectivity index (χ2v) is 10.5. The average molecular weight is 569 g/mol. The van der Waals surface area contributed by atoms with Crippen LogP contribution in [0.4, 0.5) is 0 Å². The van der Waals surface area contributed by atoms with Gasteiger partial charge in [-0.3, -0.25) is 0 Å². The van der Waals surface area contributed by atoms with Crippen LogP contribution in [-0.2, 0) is 54.8 Å². The molecule has 0 aromatic heterocycles. The molecule has 220 valence electrons. The van der Waals surface area contributed by atoms with E-state index in [-0.39, 0.29) is 6.10 Å². The van der Waals surface area contributed by atoms with E-state index in [0.717, 1.165) is 22.3 Å². The summed E-state index contributed by atoms with van der Waals surface area (Å²) in [4.78, 5) is 0. The van der Waals surface area contributed by atoms with Crippen molar-refractivity contribution in [1.82, 2.24) is 0 Å². The fourth-order valence-corrected chi connectivity index (χ4v) is 5.18. The highest BCUT2D eigenvalue weighted by Gasteiger charge is 2.48. The summed E-state index contributed by atoms with van der Waals surface area (Å²) in [6.45, 7) is 2.41. The second kappa shape index (κ2) is 16.3. The predicted octanol–water partition coefficient (Wildman–Crippen LogP) is 6.37. The zero-order valence-corrected chi connectivity index (χ0v) is 24.1. The van der Waals surface area contributed by atoms with Crippen LogP contribution in [0.3, 0.4) is 0 Å². The molecule has 42 heavy (non-hydrogen) atoms. The Bertz CT molecular complexity index is 1270. The van der Waals surface area contributed by atoms with Gasteiger partial charge in [0, 0.05) is 7.11 Å². The summed E-state index contributed by atoms with van der Waals surface area (Å²) >= 11 is 0. The van der Waals surface area contributed by atoms with Crippen molar-refractivity contribution in [2.45, 2.75) is 56.9 Å². The van der Waals surface area contributed by atoms with E-state index in [0.29, 0.717) is 39.6 Å². The number of methoxy groups -OCH3 is 1. The minimum atomic E-state index is -0.446. The molecule has 1 fully saturated rings. The summed E-state index contributed by atoms with van der Waals surface area (Å²) in [5, 5.41) is 0. The van der Waals surface area contributed by atoms with Crippen LogP contribution in [0.15, 0.2) is 121 Å². The third-order valence-electron chi connectivity index (χ3n) is 7.31. The smallest absolute Gasteiger partial charge is 0.115 e. The van der Waals surface area contributed by atoms with E-state index in [2.05, 4.69) is 48.5 Å². The topological polar surface area (TPSA) is 55.4 Å². The highest BCUT2D eigenvalue weighted by Crippen LogP contribution is 2.31. The maximum absolute atomic E-state index is 6.70. The van der Waals surface area contributed by atoms with E-state index < -0.39 is 24.4 Å². The summed E-state index contributed by atoms with van der Waals surface area (Å²) in [7, 11) is 1.68. The minimum absolute atomic E-state index is 0.338. The molecule has 0 bridgehead atoms. The first-order chi connectivity index (χ1) is 20.8. The van der Waals surface area contributed by atoms with E-state index in [4.69, 9.17) is 28.4 Å². The summed E-state index contributed by atoms with van der Waals surface area (Å²) in [6.07, 6.45) is -2.08. The number of hydrogen-bond acceptors (Lipinski definition) is 6. The van der Waals surface area contributed by atoms with E-state index in [1.54, 1.807) is 7.11 Å². The molecular weight excluding hydrogens is 528 g/mol. The second-order valence-electron chi connectivity index (χ2n) is 10.5. The van der Waals surface area contributed by atoms with Crippen molar-refractivity contribution in [2.24, 2.45) is 0 Å². The Kier molecular flexibility index (Phi) is 11.7. The predicted molar refractivity (Wildman–Crippen MR) is 162 cm³/mol. The van der Waals surface area contributed by atoms with Gasteiger partial charge >= 0.3 is 0 Å². The van der Waals surface area contributed by atoms with Gasteiger partial charge in [-0.2, -0.15) is 0 Å². The highest BCUT2D eigenvalue weighted by molar-refractivity contribution is 5.16. The normalized spacial score (nSPS) is 22.2. The lowest BCUT2D eigenvalue weighted by Crippen LogP contribution is -2.62. The first-order valence-electron chi connectivity index (χ1n) is 14.5. The molecule has 0 amide bonds. The van der Waals surface area contributed by atoms with E-state index in [1.165, 1.54) is 0 Å². The maximum Gasteiger partial charge on any atom is 0.115 e. The summed E-state index contributed by atoms with van der Waals surface area (Å²) in [6, 6.07) is 40.6. The molecule has 1 aliphatic heterocycles. The van der Waals surface area contributed by atoms with Crippen LogP contribution in [0.5, 0.6) is 0 Å². The van der Waals surface area contributed by atoms with Crippen LogP contribution in [0, 0.1) is 0 Å². The Labute approximate surface area is 249 Å². The molecule has 0 aliphatic carbocycles. The molecule has 0 radical (unpaired) electrons. The Morgan fingerprint density at radius 1 is 0.452 bits per heavy atom. The quantitative estimate of drug-likeness (QED) is 0.166. The lowest BCUT2D eigenvalue weighted by atomic mass is 9.94. The van der Waals surface area contributed by atoms with Gasteiger partial charge in [-0.1, -0.05) is 121 Å². The van der Waals surface area contributed by atoms with Gasteiger partial charge in [0.2, 0.25) is 0 Å². The van der Waals surface area contributed by atoms with Crippen molar-refractivity contribution in [2.75, 3.05) is 20.3 Å². The van der Waals surface area contributed by atoms with Gasteiger partial charge in [0.1, 0.15) is 30.5 Å². The lowest BCUT2D eigenvalue weighted by Gasteiger charge is -2.46. The van der Waals surface area contributed by atoms with Crippen molar-refractivity contribution in [3.63, 3.8) is 0 Å². The number of rotatable bonds is 15. The van der Waals surface area contributed by atoms with Crippen LogP contribution < -0.4 is 0 Å². The van der Waals surface area contributed by atoms with E-state index in [9.17, 15) is 0 Å². The highest BCUT2D eigenvalue weighted by atomic mass is 16.6. The molecule has 1 heterocycles. The molecule has 6 nitrogen and oxygen atoms in total. The Morgan fingerprint density at radius 2 is 0.810 bits per heavy atom. The lowest BCUT2D eigenvalue weighted by molar-refractivity contribution is -0.278. The van der Waals surface area contributed by atoms with Gasteiger partial charge in [0.05, 0.1) is 39.6 Å². The van der Waals surface area contributed by atoms with Gasteiger partial charge in [0.15, 0.2) is 0 Å². The minimum Gasteiger partial charge on any atom is -0.382 e. The summed E-state index contributed by atoms with van der Waals surface area (Å²) in [5.41, 5.74) is 4.33. The van der Waals surface area contributed by atoms with Gasteiger partial charge < -0.3 is 28.4 Å². The number of benzene rings is 4. The fourth-order valence-electron chi connectivity index (χ4n) is 5.18. The van der Waals surface area contributed by atoms with Gasteiger partial charge in [-0.05, 0) is 22.3 Å². The van der Waals surface area contributed by atoms with Crippen molar-refractivity contribution >= 4 is 0 Å². The van der Waals surface area contributed by atoms with Crippen molar-refractivity contribution in [3.05, 3.63) is 144 Å². The van der Waals surface area contributed by atoms with Crippen LogP contribution in [-0.4, -0.2) is 50.8 Å². The molecule has 0 saturated carbocycles. The molecule has 0 N–H and O–H groups in total. The molecule has 1 unspecified atom stereocenters. The standard InChI is InChI=1S/C36H40O6/c1-37-26-32-34(39-23-29-16-8-3-9-17-29)36(41-25-31-20-12-5-13-21-31)35(40-24-30-18-10-4-11-19-30)33(42-32)27-38-22-28-14-6-2-7-15-28/h2-21,32-36H,22-27H2,1H3/t32?,33-,34+,35-,36-/m1/s1. The third kappa shape index (κ3) is 8.82. The van der Waals surface area contributed by atoms with Crippen molar-refractivity contribution in [1.29, 1.82) is 0 Å². The molecule has 5 atom stereocenters. The Balaban J connectivity index is 1.40. The maximum atomic E-state index is 6.70. The summed E-state index contributed by atoms with van der Waals surface area (Å²) in [5.74, 6) is 0. The molecule has 5 rings (SSSR count). The van der Waals surface area contributed by atoms with Crippen LogP contribution >= 0.6 is 0 Å². The largest absolute Gasteiger partial charge is 0.382 e. The average Bonchev–Trinajstić information content (AvgIpc) is 3.05. The van der Waals surface area contributed by atoms with Crippen LogP contribution in [0.2, 0.25) is 0 Å². The summed E-state index contributed by atoms with van der Waals surface area (Å²) < 4.78 is 38.4. The van der Waals surface area contributed by atoms with E-state index in [1.807, 2.05) is 72.8 Å². The van der Waals surface area contributed by atoms with Crippen molar-refractivity contribution in [3.8, 4) is 0 Å². The SMILES string of the molecule is COCC1O[C@H](COCc2ccccc2)[C@@H](OCc2ccccc2)[C@H](OCc2ccccc2)[C@H]1OCc1ccccc1. The Hall–Kier alpha value is -3.36. The molecule has 0 spiro atoms. The third-order valence-corrected chi connectivity index (χ3v) is 7.31. The van der Waals surface area contributed by atoms with E-state index >= 15 is 0 Å².